The molecule has 1 saturated carbocycles. The predicted octanol–water partition coefficient (Wildman–Crippen LogP) is 2.59. The topological polar surface area (TPSA) is 44.5 Å². The predicted molar refractivity (Wildman–Crippen MR) is 62.1 cm³/mol. The molecular weight excluding hydrogens is 245 g/mol. The van der Waals surface area contributed by atoms with Crippen LogP contribution in [0.4, 0.5) is 4.39 Å². The Morgan fingerprint density at radius 2 is 2.00 bits per heavy atom. The third-order valence-electron chi connectivity index (χ3n) is 3.47. The molecule has 0 saturated heterocycles. The van der Waals surface area contributed by atoms with Gasteiger partial charge in [0.15, 0.2) is 17.3 Å². The van der Waals surface area contributed by atoms with Crippen molar-refractivity contribution in [3.05, 3.63) is 22.5 Å². The Bertz CT molecular complexity index is 474. The van der Waals surface area contributed by atoms with Crippen LogP contribution in [-0.2, 0) is 5.54 Å². The van der Waals surface area contributed by atoms with Crippen LogP contribution in [0.5, 0.6) is 11.5 Å². The summed E-state index contributed by atoms with van der Waals surface area (Å²) in [5.41, 5.74) is 5.91. The number of nitrogens with two attached hydrogens (primary N) is 1. The van der Waals surface area contributed by atoms with Crippen LogP contribution in [0.15, 0.2) is 6.07 Å². The van der Waals surface area contributed by atoms with Gasteiger partial charge in [-0.25, -0.2) is 4.39 Å². The molecule has 17 heavy (non-hydrogen) atoms. The molecule has 1 heterocycles. The lowest BCUT2D eigenvalue weighted by atomic mass is 9.72. The first-order chi connectivity index (χ1) is 8.12. The molecule has 1 fully saturated rings. The van der Waals surface area contributed by atoms with Crippen LogP contribution in [0, 0.1) is 5.82 Å². The van der Waals surface area contributed by atoms with Crippen LogP contribution in [-0.4, -0.2) is 13.2 Å². The molecule has 0 radical (unpaired) electrons. The Labute approximate surface area is 104 Å². The average molecular weight is 258 g/mol. The van der Waals surface area contributed by atoms with E-state index in [0.717, 1.165) is 19.3 Å². The maximum atomic E-state index is 14.2. The molecule has 0 unspecified atom stereocenters. The van der Waals surface area contributed by atoms with Gasteiger partial charge in [-0.05, 0) is 19.3 Å². The van der Waals surface area contributed by atoms with E-state index < -0.39 is 11.4 Å². The van der Waals surface area contributed by atoms with Gasteiger partial charge in [-0.3, -0.25) is 0 Å². The van der Waals surface area contributed by atoms with Gasteiger partial charge in [0.25, 0.3) is 0 Å². The third kappa shape index (κ3) is 1.58. The number of halogens is 2. The van der Waals surface area contributed by atoms with Gasteiger partial charge in [-0.1, -0.05) is 11.6 Å². The summed E-state index contributed by atoms with van der Waals surface area (Å²) < 4.78 is 25.1. The van der Waals surface area contributed by atoms with E-state index in [0.29, 0.717) is 30.3 Å². The Kier molecular flexibility index (Phi) is 2.45. The van der Waals surface area contributed by atoms with Gasteiger partial charge < -0.3 is 15.2 Å². The van der Waals surface area contributed by atoms with Crippen LogP contribution in [0.25, 0.3) is 0 Å². The Morgan fingerprint density at radius 3 is 2.65 bits per heavy atom. The van der Waals surface area contributed by atoms with Gasteiger partial charge in [0.1, 0.15) is 13.2 Å². The van der Waals surface area contributed by atoms with Crippen molar-refractivity contribution in [1.29, 1.82) is 0 Å². The van der Waals surface area contributed by atoms with Crippen LogP contribution in [0.2, 0.25) is 5.02 Å². The number of hydrogen-bond acceptors (Lipinski definition) is 3. The highest BCUT2D eigenvalue weighted by molar-refractivity contribution is 6.31. The highest BCUT2D eigenvalue weighted by Crippen LogP contribution is 2.49. The molecule has 0 amide bonds. The zero-order chi connectivity index (χ0) is 12.0. The van der Waals surface area contributed by atoms with Crippen LogP contribution in [0.1, 0.15) is 24.8 Å². The Morgan fingerprint density at radius 1 is 1.29 bits per heavy atom. The molecule has 1 aliphatic carbocycles. The van der Waals surface area contributed by atoms with E-state index in [2.05, 4.69) is 0 Å². The van der Waals surface area contributed by atoms with Crippen molar-refractivity contribution in [2.75, 3.05) is 13.2 Å². The van der Waals surface area contributed by atoms with Crippen molar-refractivity contribution in [2.24, 2.45) is 5.73 Å². The monoisotopic (exact) mass is 257 g/mol. The van der Waals surface area contributed by atoms with Crippen molar-refractivity contribution in [3.8, 4) is 11.5 Å². The average Bonchev–Trinajstić information content (AvgIpc) is 2.28. The van der Waals surface area contributed by atoms with E-state index in [1.165, 1.54) is 6.07 Å². The van der Waals surface area contributed by atoms with Crippen LogP contribution < -0.4 is 15.2 Å². The minimum Gasteiger partial charge on any atom is -0.486 e. The maximum absolute atomic E-state index is 14.2. The fourth-order valence-electron chi connectivity index (χ4n) is 2.38. The molecule has 5 heteroatoms. The summed E-state index contributed by atoms with van der Waals surface area (Å²) in [6.45, 7) is 0.864. The molecule has 0 spiro atoms. The first-order valence-electron chi connectivity index (χ1n) is 5.69. The first-order valence-corrected chi connectivity index (χ1v) is 6.06. The van der Waals surface area contributed by atoms with Gasteiger partial charge in [-0.2, -0.15) is 0 Å². The van der Waals surface area contributed by atoms with E-state index in [4.69, 9.17) is 26.8 Å². The van der Waals surface area contributed by atoms with Gasteiger partial charge in [0.05, 0.1) is 10.6 Å². The summed E-state index contributed by atoms with van der Waals surface area (Å²) in [4.78, 5) is 0. The summed E-state index contributed by atoms with van der Waals surface area (Å²) >= 11 is 5.87. The van der Waals surface area contributed by atoms with E-state index in [1.54, 1.807) is 0 Å². The molecule has 92 valence electrons. The van der Waals surface area contributed by atoms with E-state index in [-0.39, 0.29) is 5.02 Å². The molecule has 0 bridgehead atoms. The molecule has 2 N–H and O–H groups in total. The quantitative estimate of drug-likeness (QED) is 0.841. The fourth-order valence-corrected chi connectivity index (χ4v) is 2.58. The van der Waals surface area contributed by atoms with E-state index in [9.17, 15) is 4.39 Å². The highest BCUT2D eigenvalue weighted by Gasteiger charge is 2.41. The van der Waals surface area contributed by atoms with Crippen molar-refractivity contribution in [3.63, 3.8) is 0 Å². The van der Waals surface area contributed by atoms with Crippen molar-refractivity contribution >= 4 is 11.6 Å². The minimum atomic E-state index is -0.653. The zero-order valence-electron chi connectivity index (χ0n) is 9.26. The fraction of sp³-hybridized carbons (Fsp3) is 0.500. The molecule has 1 aromatic carbocycles. The molecule has 3 rings (SSSR count). The molecule has 2 aliphatic rings. The number of benzene rings is 1. The number of fused-ring (bicyclic) bond motifs is 1. The third-order valence-corrected chi connectivity index (χ3v) is 3.74. The maximum Gasteiger partial charge on any atom is 0.169 e. The first kappa shape index (κ1) is 11.1. The van der Waals surface area contributed by atoms with Gasteiger partial charge in [0, 0.05) is 11.6 Å². The molecule has 1 aromatic rings. The smallest absolute Gasteiger partial charge is 0.169 e. The summed E-state index contributed by atoms with van der Waals surface area (Å²) in [7, 11) is 0. The number of ether oxygens (including phenoxy) is 2. The Hall–Kier alpha value is -1.00. The lowest BCUT2D eigenvalue weighted by molar-refractivity contribution is 0.157. The normalized spacial score (nSPS) is 20.9. The molecule has 1 aliphatic heterocycles. The summed E-state index contributed by atoms with van der Waals surface area (Å²) in [5.74, 6) is 0.452. The van der Waals surface area contributed by atoms with E-state index >= 15 is 0 Å². The highest BCUT2D eigenvalue weighted by atomic mass is 35.5. The Balaban J connectivity index is 2.20. The number of hydrogen-bond donors (Lipinski definition) is 1. The summed E-state index contributed by atoms with van der Waals surface area (Å²) in [5, 5.41) is 0.0426. The van der Waals surface area contributed by atoms with Gasteiger partial charge >= 0.3 is 0 Å². The lowest BCUT2D eigenvalue weighted by Crippen LogP contribution is -2.44. The second kappa shape index (κ2) is 3.75. The summed E-state index contributed by atoms with van der Waals surface area (Å²) in [6.07, 6.45) is 2.50. The van der Waals surface area contributed by atoms with Crippen molar-refractivity contribution < 1.29 is 13.9 Å². The molecular formula is C12H13ClFNO2. The summed E-state index contributed by atoms with van der Waals surface area (Å²) in [6, 6.07) is 1.46. The van der Waals surface area contributed by atoms with E-state index in [1.807, 2.05) is 0 Å². The number of rotatable bonds is 1. The van der Waals surface area contributed by atoms with Gasteiger partial charge in [0.2, 0.25) is 0 Å². The van der Waals surface area contributed by atoms with Crippen LogP contribution in [0.3, 0.4) is 0 Å². The van der Waals surface area contributed by atoms with Crippen molar-refractivity contribution in [1.82, 2.24) is 0 Å². The zero-order valence-corrected chi connectivity index (χ0v) is 10.0. The molecule has 3 nitrogen and oxygen atoms in total. The molecule has 0 atom stereocenters. The standard InChI is InChI=1S/C12H13ClFNO2/c13-7-6-8-11(17-5-4-16-8)9(10(7)14)12(15)2-1-3-12/h6H,1-5,15H2. The van der Waals surface area contributed by atoms with Gasteiger partial charge in [-0.15, -0.1) is 0 Å². The second-order valence-electron chi connectivity index (χ2n) is 4.58. The van der Waals surface area contributed by atoms with Crippen molar-refractivity contribution in [2.45, 2.75) is 24.8 Å². The lowest BCUT2D eigenvalue weighted by Gasteiger charge is -2.40. The molecule has 0 aromatic heterocycles. The largest absolute Gasteiger partial charge is 0.486 e. The van der Waals surface area contributed by atoms with Crippen LogP contribution >= 0.6 is 11.6 Å². The SMILES string of the molecule is NC1(c2c(F)c(Cl)cc3c2OCCO3)CCC1. The second-order valence-corrected chi connectivity index (χ2v) is 4.99. The minimum absolute atomic E-state index is 0.0426.